The van der Waals surface area contributed by atoms with Gasteiger partial charge >= 0.3 is 0 Å². The molecule has 1 aliphatic rings. The van der Waals surface area contributed by atoms with Crippen LogP contribution < -0.4 is 4.90 Å². The Hall–Kier alpha value is -2.77. The van der Waals surface area contributed by atoms with Crippen LogP contribution in [0.25, 0.3) is 0 Å². The topological polar surface area (TPSA) is 70.5 Å². The normalized spacial score (nSPS) is 16.6. The predicted molar refractivity (Wildman–Crippen MR) is 116 cm³/mol. The number of ketones is 1. The molecule has 1 aliphatic heterocycles. The van der Waals surface area contributed by atoms with Gasteiger partial charge in [-0.3, -0.25) is 14.5 Å². The van der Waals surface area contributed by atoms with Crippen LogP contribution in [0.15, 0.2) is 70.4 Å². The third-order valence-corrected chi connectivity index (χ3v) is 6.38. The lowest BCUT2D eigenvalue weighted by atomic mass is 9.95. The Labute approximate surface area is 180 Å². The molecule has 1 unspecified atom stereocenters. The van der Waals surface area contributed by atoms with Crippen LogP contribution >= 0.6 is 27.3 Å². The minimum atomic E-state index is -0.729. The standard InChI is InChI=1S/C22H17BrN2O3S/c1-12-21(29-13(2)24-12)19(26)17-18(14-8-10-15(23)11-9-14)25(22(28)20(17)27)16-6-4-3-5-7-16/h3-11,18,27H,1-2H3. The van der Waals surface area contributed by atoms with E-state index in [2.05, 4.69) is 20.9 Å². The van der Waals surface area contributed by atoms with Crippen molar-refractivity contribution in [1.82, 2.24) is 4.98 Å². The number of amides is 1. The highest BCUT2D eigenvalue weighted by atomic mass is 79.9. The molecule has 2 heterocycles. The number of aromatic nitrogens is 1. The number of carbonyl (C=O) groups excluding carboxylic acids is 2. The molecule has 0 radical (unpaired) electrons. The van der Waals surface area contributed by atoms with E-state index < -0.39 is 17.7 Å². The number of hydrogen-bond acceptors (Lipinski definition) is 5. The van der Waals surface area contributed by atoms with Gasteiger partial charge < -0.3 is 5.11 Å². The van der Waals surface area contributed by atoms with Crippen molar-refractivity contribution >= 4 is 44.6 Å². The summed E-state index contributed by atoms with van der Waals surface area (Å²) in [5, 5.41) is 11.5. The van der Waals surface area contributed by atoms with Crippen LogP contribution in [0.3, 0.4) is 0 Å². The SMILES string of the molecule is Cc1nc(C)c(C(=O)C2=C(O)C(=O)N(c3ccccc3)C2c2ccc(Br)cc2)s1. The zero-order valence-corrected chi connectivity index (χ0v) is 18.1. The molecule has 1 aromatic heterocycles. The summed E-state index contributed by atoms with van der Waals surface area (Å²) in [7, 11) is 0. The van der Waals surface area contributed by atoms with Crippen molar-refractivity contribution in [3.63, 3.8) is 0 Å². The monoisotopic (exact) mass is 468 g/mol. The molecule has 1 N–H and O–H groups in total. The van der Waals surface area contributed by atoms with Gasteiger partial charge in [-0.15, -0.1) is 11.3 Å². The molecule has 146 valence electrons. The van der Waals surface area contributed by atoms with E-state index in [0.717, 1.165) is 15.0 Å². The van der Waals surface area contributed by atoms with Crippen LogP contribution in [-0.4, -0.2) is 21.8 Å². The number of rotatable bonds is 4. The van der Waals surface area contributed by atoms with Gasteiger partial charge in [0.25, 0.3) is 5.91 Å². The summed E-state index contributed by atoms with van der Waals surface area (Å²) < 4.78 is 0.881. The summed E-state index contributed by atoms with van der Waals surface area (Å²) in [5.41, 5.74) is 2.01. The predicted octanol–water partition coefficient (Wildman–Crippen LogP) is 5.31. The summed E-state index contributed by atoms with van der Waals surface area (Å²) in [5.74, 6) is -1.48. The fraction of sp³-hybridized carbons (Fsp3) is 0.136. The number of carbonyl (C=O) groups is 2. The number of aliphatic hydroxyl groups is 1. The van der Waals surface area contributed by atoms with Crippen molar-refractivity contribution in [2.45, 2.75) is 19.9 Å². The minimum Gasteiger partial charge on any atom is -0.503 e. The Kier molecular flexibility index (Phi) is 5.10. The zero-order valence-electron chi connectivity index (χ0n) is 15.7. The van der Waals surface area contributed by atoms with Crippen molar-refractivity contribution in [3.8, 4) is 0 Å². The molecule has 0 saturated heterocycles. The average molecular weight is 469 g/mol. The van der Waals surface area contributed by atoms with Gasteiger partial charge in [0.2, 0.25) is 5.78 Å². The Morgan fingerprint density at radius 2 is 1.76 bits per heavy atom. The molecule has 0 saturated carbocycles. The largest absolute Gasteiger partial charge is 0.503 e. The highest BCUT2D eigenvalue weighted by Crippen LogP contribution is 2.42. The van der Waals surface area contributed by atoms with Crippen LogP contribution in [-0.2, 0) is 4.79 Å². The number of aryl methyl sites for hydroxylation is 2. The highest BCUT2D eigenvalue weighted by molar-refractivity contribution is 9.10. The molecule has 0 bridgehead atoms. The average Bonchev–Trinajstić information content (AvgIpc) is 3.18. The summed E-state index contributed by atoms with van der Waals surface area (Å²) in [4.78, 5) is 32.7. The molecule has 0 aliphatic carbocycles. The fourth-order valence-corrected chi connectivity index (χ4v) is 4.66. The van der Waals surface area contributed by atoms with E-state index in [4.69, 9.17) is 0 Å². The molecule has 4 rings (SSSR count). The van der Waals surface area contributed by atoms with E-state index in [1.54, 1.807) is 19.1 Å². The number of para-hydroxylation sites is 1. The van der Waals surface area contributed by atoms with E-state index in [9.17, 15) is 14.7 Å². The lowest BCUT2D eigenvalue weighted by molar-refractivity contribution is -0.117. The number of Topliss-reactive ketones (excluding diaryl/α,β-unsaturated/α-hetero) is 1. The molecular formula is C22H17BrN2O3S. The van der Waals surface area contributed by atoms with E-state index >= 15 is 0 Å². The van der Waals surface area contributed by atoms with E-state index in [0.29, 0.717) is 16.3 Å². The number of benzene rings is 2. The number of nitrogens with zero attached hydrogens (tertiary/aromatic N) is 2. The third kappa shape index (κ3) is 3.41. The van der Waals surface area contributed by atoms with Crippen molar-refractivity contribution in [1.29, 1.82) is 0 Å². The van der Waals surface area contributed by atoms with E-state index in [1.165, 1.54) is 16.2 Å². The summed E-state index contributed by atoms with van der Waals surface area (Å²) in [6.45, 7) is 3.58. The van der Waals surface area contributed by atoms with Gasteiger partial charge in [-0.25, -0.2) is 4.98 Å². The van der Waals surface area contributed by atoms with Crippen LogP contribution in [0.5, 0.6) is 0 Å². The Morgan fingerprint density at radius 1 is 1.10 bits per heavy atom. The Balaban J connectivity index is 1.89. The first-order valence-corrected chi connectivity index (χ1v) is 10.6. The number of halogens is 1. The first-order valence-electron chi connectivity index (χ1n) is 8.94. The first-order chi connectivity index (χ1) is 13.9. The van der Waals surface area contributed by atoms with Gasteiger partial charge in [0.1, 0.15) is 0 Å². The van der Waals surface area contributed by atoms with Gasteiger partial charge in [0.15, 0.2) is 5.76 Å². The quantitative estimate of drug-likeness (QED) is 0.526. The maximum absolute atomic E-state index is 13.4. The van der Waals surface area contributed by atoms with Gasteiger partial charge in [-0.2, -0.15) is 0 Å². The molecule has 1 amide bonds. The van der Waals surface area contributed by atoms with Gasteiger partial charge in [-0.1, -0.05) is 46.3 Å². The Morgan fingerprint density at radius 3 is 2.34 bits per heavy atom. The van der Waals surface area contributed by atoms with Crippen molar-refractivity contribution in [2.24, 2.45) is 0 Å². The van der Waals surface area contributed by atoms with Crippen LogP contribution in [0.1, 0.15) is 32.0 Å². The molecule has 0 spiro atoms. The summed E-state index contributed by atoms with van der Waals surface area (Å²) in [6, 6.07) is 15.7. The molecule has 5 nitrogen and oxygen atoms in total. The van der Waals surface area contributed by atoms with Crippen LogP contribution in [0.2, 0.25) is 0 Å². The van der Waals surface area contributed by atoms with Gasteiger partial charge in [0.05, 0.1) is 27.2 Å². The fourth-order valence-electron chi connectivity index (χ4n) is 3.52. The molecule has 2 aromatic carbocycles. The van der Waals surface area contributed by atoms with E-state index in [1.807, 2.05) is 49.4 Å². The first kappa shape index (κ1) is 19.5. The molecule has 3 aromatic rings. The third-order valence-electron chi connectivity index (χ3n) is 4.78. The number of aliphatic hydroxyl groups excluding tert-OH is 1. The number of hydrogen-bond donors (Lipinski definition) is 1. The number of anilines is 1. The number of thiazole rings is 1. The van der Waals surface area contributed by atoms with Crippen molar-refractivity contribution < 1.29 is 14.7 Å². The second-order valence-corrected chi connectivity index (χ2v) is 8.82. The minimum absolute atomic E-state index is 0.0768. The highest BCUT2D eigenvalue weighted by Gasteiger charge is 2.45. The van der Waals surface area contributed by atoms with Gasteiger partial charge in [-0.05, 0) is 43.7 Å². The zero-order chi connectivity index (χ0) is 20.7. The smallest absolute Gasteiger partial charge is 0.294 e. The summed E-state index contributed by atoms with van der Waals surface area (Å²) in [6.07, 6.45) is 0. The lowest BCUT2D eigenvalue weighted by Crippen LogP contribution is -2.31. The maximum atomic E-state index is 13.4. The lowest BCUT2D eigenvalue weighted by Gasteiger charge is -2.27. The van der Waals surface area contributed by atoms with Crippen LogP contribution in [0, 0.1) is 13.8 Å². The molecular weight excluding hydrogens is 452 g/mol. The summed E-state index contributed by atoms with van der Waals surface area (Å²) >= 11 is 4.68. The molecule has 1 atom stereocenters. The maximum Gasteiger partial charge on any atom is 0.294 e. The molecule has 29 heavy (non-hydrogen) atoms. The second kappa shape index (κ2) is 7.57. The molecule has 7 heteroatoms. The Bertz CT molecular complexity index is 1140. The molecule has 0 fully saturated rings. The van der Waals surface area contributed by atoms with Crippen LogP contribution in [0.4, 0.5) is 5.69 Å². The van der Waals surface area contributed by atoms with Gasteiger partial charge in [0, 0.05) is 10.2 Å². The van der Waals surface area contributed by atoms with Crippen molar-refractivity contribution in [2.75, 3.05) is 4.90 Å². The van der Waals surface area contributed by atoms with Crippen molar-refractivity contribution in [3.05, 3.63) is 91.5 Å². The van der Waals surface area contributed by atoms with E-state index in [-0.39, 0.29) is 11.4 Å². The second-order valence-electron chi connectivity index (χ2n) is 6.70.